The quantitative estimate of drug-likeness (QED) is 0.628. The maximum atomic E-state index is 8.73. The van der Waals surface area contributed by atoms with Crippen LogP contribution in [0.3, 0.4) is 0 Å². The van der Waals surface area contributed by atoms with Gasteiger partial charge in [-0.1, -0.05) is 0 Å². The molecule has 70 valence electrons. The Hall–Kier alpha value is -0.630. The van der Waals surface area contributed by atoms with Crippen molar-refractivity contribution in [3.63, 3.8) is 0 Å². The van der Waals surface area contributed by atoms with Gasteiger partial charge in [-0.05, 0) is 6.92 Å². The number of hydrogen-bond donors (Lipinski definition) is 1. The van der Waals surface area contributed by atoms with Gasteiger partial charge in [-0.25, -0.2) is 0 Å². The average Bonchev–Trinajstić information content (AvgIpc) is 2.11. The lowest BCUT2D eigenvalue weighted by Crippen LogP contribution is -2.29. The molecule has 0 saturated carbocycles. The zero-order chi connectivity index (χ0) is 9.45. The Kier molecular flexibility index (Phi) is 5.64. The van der Waals surface area contributed by atoms with Crippen molar-refractivity contribution < 1.29 is 14.6 Å². The normalized spacial score (nSPS) is 15.2. The summed E-state index contributed by atoms with van der Waals surface area (Å²) in [6.07, 6.45) is 0.514. The van der Waals surface area contributed by atoms with E-state index in [0.717, 1.165) is 0 Å². The summed E-state index contributed by atoms with van der Waals surface area (Å²) in [6, 6.07) is 2.03. The SMILES string of the molecule is COCCC(C)(C#N)OCCO. The number of hydrogen-bond acceptors (Lipinski definition) is 4. The van der Waals surface area contributed by atoms with E-state index in [1.54, 1.807) is 14.0 Å². The molecule has 0 amide bonds. The van der Waals surface area contributed by atoms with Crippen LogP contribution < -0.4 is 0 Å². The summed E-state index contributed by atoms with van der Waals surface area (Å²) < 4.78 is 9.96. The van der Waals surface area contributed by atoms with Crippen LogP contribution in [-0.2, 0) is 9.47 Å². The number of rotatable bonds is 6. The second-order valence-electron chi connectivity index (χ2n) is 2.66. The maximum Gasteiger partial charge on any atom is 0.153 e. The largest absolute Gasteiger partial charge is 0.394 e. The molecule has 0 bridgehead atoms. The van der Waals surface area contributed by atoms with Crippen LogP contribution in [0.5, 0.6) is 0 Å². The Morgan fingerprint density at radius 3 is 2.58 bits per heavy atom. The summed E-state index contributed by atoms with van der Waals surface area (Å²) in [5, 5.41) is 17.2. The predicted molar refractivity (Wildman–Crippen MR) is 43.5 cm³/mol. The molecule has 4 nitrogen and oxygen atoms in total. The fourth-order valence-corrected chi connectivity index (χ4v) is 0.728. The van der Waals surface area contributed by atoms with Gasteiger partial charge in [0.1, 0.15) is 0 Å². The van der Waals surface area contributed by atoms with Gasteiger partial charge in [0.05, 0.1) is 19.3 Å². The molecule has 0 fully saturated rings. The van der Waals surface area contributed by atoms with Gasteiger partial charge in [-0.2, -0.15) is 5.26 Å². The molecule has 0 aromatic heterocycles. The Bertz CT molecular complexity index is 145. The summed E-state index contributed by atoms with van der Waals surface area (Å²) in [4.78, 5) is 0. The highest BCUT2D eigenvalue weighted by Gasteiger charge is 2.23. The molecule has 1 unspecified atom stereocenters. The van der Waals surface area contributed by atoms with Gasteiger partial charge in [0.15, 0.2) is 5.60 Å². The molecule has 0 spiro atoms. The van der Waals surface area contributed by atoms with Gasteiger partial charge >= 0.3 is 0 Å². The standard InChI is InChI=1S/C8H15NO3/c1-8(7-9,3-5-11-2)12-6-4-10/h10H,3-6H2,1-2H3. The topological polar surface area (TPSA) is 62.5 Å². The highest BCUT2D eigenvalue weighted by atomic mass is 16.5. The third-order valence-electron chi connectivity index (χ3n) is 1.53. The highest BCUT2D eigenvalue weighted by Crippen LogP contribution is 2.13. The zero-order valence-electron chi connectivity index (χ0n) is 7.54. The summed E-state index contributed by atoms with van der Waals surface area (Å²) in [5.74, 6) is 0. The molecular weight excluding hydrogens is 158 g/mol. The fourth-order valence-electron chi connectivity index (χ4n) is 0.728. The first-order valence-electron chi connectivity index (χ1n) is 3.83. The van der Waals surface area contributed by atoms with Gasteiger partial charge < -0.3 is 14.6 Å². The first-order valence-corrected chi connectivity index (χ1v) is 3.83. The Balaban J connectivity index is 3.81. The van der Waals surface area contributed by atoms with Crippen molar-refractivity contribution in [3.8, 4) is 6.07 Å². The van der Waals surface area contributed by atoms with Gasteiger partial charge in [-0.15, -0.1) is 0 Å². The lowest BCUT2D eigenvalue weighted by Gasteiger charge is -2.20. The van der Waals surface area contributed by atoms with Crippen LogP contribution in [0.1, 0.15) is 13.3 Å². The van der Waals surface area contributed by atoms with E-state index >= 15 is 0 Å². The minimum atomic E-state index is -0.835. The number of aliphatic hydroxyl groups is 1. The Morgan fingerprint density at radius 1 is 1.50 bits per heavy atom. The molecule has 0 aromatic carbocycles. The second-order valence-corrected chi connectivity index (χ2v) is 2.66. The molecule has 0 saturated heterocycles. The Morgan fingerprint density at radius 2 is 2.17 bits per heavy atom. The zero-order valence-corrected chi connectivity index (χ0v) is 7.54. The van der Waals surface area contributed by atoms with E-state index in [2.05, 4.69) is 0 Å². The van der Waals surface area contributed by atoms with Crippen LogP contribution in [0.4, 0.5) is 0 Å². The monoisotopic (exact) mass is 173 g/mol. The van der Waals surface area contributed by atoms with Crippen LogP contribution in [0.2, 0.25) is 0 Å². The van der Waals surface area contributed by atoms with Crippen LogP contribution in [0.25, 0.3) is 0 Å². The lowest BCUT2D eigenvalue weighted by molar-refractivity contribution is -0.0244. The molecule has 4 heteroatoms. The van der Waals surface area contributed by atoms with E-state index in [-0.39, 0.29) is 13.2 Å². The second kappa shape index (κ2) is 5.95. The number of ether oxygens (including phenoxy) is 2. The summed E-state index contributed by atoms with van der Waals surface area (Å²) >= 11 is 0. The molecule has 0 aliphatic heterocycles. The van der Waals surface area contributed by atoms with Crippen LogP contribution in [0.15, 0.2) is 0 Å². The molecular formula is C8H15NO3. The summed E-state index contributed by atoms with van der Waals surface area (Å²) in [7, 11) is 1.57. The minimum Gasteiger partial charge on any atom is -0.394 e. The minimum absolute atomic E-state index is 0.0652. The molecule has 0 aromatic rings. The third-order valence-corrected chi connectivity index (χ3v) is 1.53. The summed E-state index contributed by atoms with van der Waals surface area (Å²) in [5.41, 5.74) is -0.835. The number of aliphatic hydroxyl groups excluding tert-OH is 1. The molecule has 0 radical (unpaired) electrons. The molecule has 12 heavy (non-hydrogen) atoms. The Labute approximate surface area is 72.7 Å². The predicted octanol–water partition coefficient (Wildman–Crippen LogP) is 0.314. The van der Waals surface area contributed by atoms with E-state index in [1.165, 1.54) is 0 Å². The van der Waals surface area contributed by atoms with E-state index in [9.17, 15) is 0 Å². The van der Waals surface area contributed by atoms with Gasteiger partial charge in [-0.3, -0.25) is 0 Å². The fraction of sp³-hybridized carbons (Fsp3) is 0.875. The number of methoxy groups -OCH3 is 1. The molecule has 1 N–H and O–H groups in total. The molecule has 0 rings (SSSR count). The number of nitriles is 1. The van der Waals surface area contributed by atoms with Gasteiger partial charge in [0, 0.05) is 20.1 Å². The van der Waals surface area contributed by atoms with Crippen molar-refractivity contribution in [3.05, 3.63) is 0 Å². The van der Waals surface area contributed by atoms with Crippen molar-refractivity contribution in [1.29, 1.82) is 5.26 Å². The van der Waals surface area contributed by atoms with Crippen molar-refractivity contribution in [1.82, 2.24) is 0 Å². The first kappa shape index (κ1) is 11.4. The highest BCUT2D eigenvalue weighted by molar-refractivity contribution is 4.97. The van der Waals surface area contributed by atoms with E-state index < -0.39 is 5.60 Å². The lowest BCUT2D eigenvalue weighted by atomic mass is 10.1. The van der Waals surface area contributed by atoms with Crippen molar-refractivity contribution >= 4 is 0 Å². The number of nitrogens with zero attached hydrogens (tertiary/aromatic N) is 1. The van der Waals surface area contributed by atoms with E-state index in [0.29, 0.717) is 13.0 Å². The smallest absolute Gasteiger partial charge is 0.153 e. The average molecular weight is 173 g/mol. The molecule has 0 aliphatic carbocycles. The van der Waals surface area contributed by atoms with Crippen molar-refractivity contribution in [2.24, 2.45) is 0 Å². The van der Waals surface area contributed by atoms with Gasteiger partial charge in [0.2, 0.25) is 0 Å². The van der Waals surface area contributed by atoms with Crippen LogP contribution >= 0.6 is 0 Å². The van der Waals surface area contributed by atoms with Gasteiger partial charge in [0.25, 0.3) is 0 Å². The van der Waals surface area contributed by atoms with Crippen LogP contribution in [-0.4, -0.2) is 37.6 Å². The molecule has 1 atom stereocenters. The van der Waals surface area contributed by atoms with Crippen LogP contribution in [0, 0.1) is 11.3 Å². The maximum absolute atomic E-state index is 8.73. The van der Waals surface area contributed by atoms with Crippen molar-refractivity contribution in [2.75, 3.05) is 26.9 Å². The van der Waals surface area contributed by atoms with E-state index in [4.69, 9.17) is 19.8 Å². The third kappa shape index (κ3) is 4.29. The summed E-state index contributed by atoms with van der Waals surface area (Å²) in [6.45, 7) is 2.29. The van der Waals surface area contributed by atoms with E-state index in [1.807, 2.05) is 6.07 Å². The first-order chi connectivity index (χ1) is 5.68. The molecule has 0 heterocycles. The molecule has 0 aliphatic rings. The van der Waals surface area contributed by atoms with Crippen molar-refractivity contribution in [2.45, 2.75) is 18.9 Å².